The fourth-order valence-electron chi connectivity index (χ4n) is 3.85. The van der Waals surface area contributed by atoms with Crippen LogP contribution in [0.2, 0.25) is 0 Å². The molecule has 2 aliphatic heterocycles. The van der Waals surface area contributed by atoms with Gasteiger partial charge in [-0.15, -0.1) is 0 Å². The van der Waals surface area contributed by atoms with Crippen molar-refractivity contribution in [3.05, 3.63) is 41.7 Å². The van der Waals surface area contributed by atoms with Gasteiger partial charge in [-0.2, -0.15) is 0 Å². The van der Waals surface area contributed by atoms with Crippen LogP contribution in [0.5, 0.6) is 5.75 Å². The van der Waals surface area contributed by atoms with Crippen LogP contribution in [-0.4, -0.2) is 46.4 Å². The monoisotopic (exact) mass is 355 g/mol. The summed E-state index contributed by atoms with van der Waals surface area (Å²) in [4.78, 5) is 10.3. The zero-order valence-electron chi connectivity index (χ0n) is 14.9. The van der Waals surface area contributed by atoms with E-state index in [0.717, 1.165) is 31.1 Å². The molecule has 1 fully saturated rings. The third-order valence-corrected chi connectivity index (χ3v) is 5.03. The van der Waals surface area contributed by atoms with Crippen molar-refractivity contribution < 1.29 is 9.84 Å². The molecule has 7 heteroatoms. The van der Waals surface area contributed by atoms with Crippen LogP contribution in [0.1, 0.15) is 24.5 Å². The maximum absolute atomic E-state index is 10.1. The summed E-state index contributed by atoms with van der Waals surface area (Å²) in [6.45, 7) is 4.22. The molecule has 0 bridgehead atoms. The highest BCUT2D eigenvalue weighted by Crippen LogP contribution is 2.29. The quantitative estimate of drug-likeness (QED) is 0.739. The van der Waals surface area contributed by atoms with Gasteiger partial charge in [0, 0.05) is 38.2 Å². The number of rotatable bonds is 5. The zero-order valence-corrected chi connectivity index (χ0v) is 14.9. The third-order valence-electron chi connectivity index (χ3n) is 5.03. The highest BCUT2D eigenvalue weighted by molar-refractivity contribution is 5.48. The Balaban J connectivity index is 1.37. The number of aromatic nitrogens is 2. The number of ether oxygens (including phenoxy) is 1. The lowest BCUT2D eigenvalue weighted by molar-refractivity contribution is 0.194. The molecule has 2 aliphatic rings. The molecular weight excluding hydrogens is 330 g/mol. The van der Waals surface area contributed by atoms with E-state index in [-0.39, 0.29) is 18.2 Å². The van der Waals surface area contributed by atoms with E-state index in [1.54, 1.807) is 6.07 Å². The molecule has 2 aromatic rings. The second-order valence-corrected chi connectivity index (χ2v) is 7.20. The van der Waals surface area contributed by atoms with E-state index in [9.17, 15) is 5.11 Å². The lowest BCUT2D eigenvalue weighted by atomic mass is 10.1. The number of nitrogens with zero attached hydrogens (tertiary/aromatic N) is 3. The number of aliphatic hydroxyl groups is 1. The average molecular weight is 355 g/mol. The largest absolute Gasteiger partial charge is 0.490 e. The Morgan fingerprint density at radius 1 is 1.35 bits per heavy atom. The molecule has 1 aromatic carbocycles. The number of nitrogens with one attached hydrogen (secondary N) is 1. The van der Waals surface area contributed by atoms with Gasteiger partial charge in [0.25, 0.3) is 0 Å². The van der Waals surface area contributed by atoms with E-state index >= 15 is 0 Å². The fraction of sp³-hybridized carbons (Fsp3) is 0.474. The van der Waals surface area contributed by atoms with Gasteiger partial charge in [-0.3, -0.25) is 0 Å². The minimum absolute atomic E-state index is 0.178. The molecular formula is C19H25N5O2. The molecule has 3 atom stereocenters. The minimum atomic E-state index is -0.350. The van der Waals surface area contributed by atoms with Crippen molar-refractivity contribution in [1.29, 1.82) is 0 Å². The Kier molecular flexibility index (Phi) is 4.65. The summed E-state index contributed by atoms with van der Waals surface area (Å²) in [6, 6.07) is 8.32. The summed E-state index contributed by atoms with van der Waals surface area (Å²) in [5, 5.41) is 13.6. The first-order valence-electron chi connectivity index (χ1n) is 9.10. The van der Waals surface area contributed by atoms with Gasteiger partial charge in [0.05, 0.1) is 6.10 Å². The van der Waals surface area contributed by atoms with Crippen LogP contribution in [0.3, 0.4) is 0 Å². The third kappa shape index (κ3) is 3.59. The van der Waals surface area contributed by atoms with Crippen LogP contribution >= 0.6 is 0 Å². The first-order valence-corrected chi connectivity index (χ1v) is 9.10. The van der Waals surface area contributed by atoms with E-state index in [2.05, 4.69) is 45.3 Å². The van der Waals surface area contributed by atoms with E-state index in [1.807, 2.05) is 0 Å². The molecule has 0 spiro atoms. The van der Waals surface area contributed by atoms with Crippen molar-refractivity contribution >= 4 is 11.6 Å². The molecule has 0 aliphatic carbocycles. The number of nitrogens with two attached hydrogens (primary N) is 1. The Labute approximate surface area is 153 Å². The molecule has 1 aromatic heterocycles. The van der Waals surface area contributed by atoms with E-state index in [4.69, 9.17) is 10.5 Å². The number of fused-ring (bicyclic) bond motifs is 1. The van der Waals surface area contributed by atoms with Crippen LogP contribution in [-0.2, 0) is 13.0 Å². The fourth-order valence-corrected chi connectivity index (χ4v) is 3.85. The number of benzene rings is 1. The first-order chi connectivity index (χ1) is 12.6. The molecule has 0 radical (unpaired) electrons. The second-order valence-electron chi connectivity index (χ2n) is 7.20. The summed E-state index contributed by atoms with van der Waals surface area (Å²) in [5.41, 5.74) is 8.30. The number of hydrogen-bond acceptors (Lipinski definition) is 7. The van der Waals surface area contributed by atoms with Crippen molar-refractivity contribution in [2.24, 2.45) is 0 Å². The number of anilines is 2. The molecule has 0 amide bonds. The van der Waals surface area contributed by atoms with E-state index < -0.39 is 0 Å². The second kappa shape index (κ2) is 7.09. The lowest BCUT2D eigenvalue weighted by Gasteiger charge is -2.25. The van der Waals surface area contributed by atoms with Crippen LogP contribution in [0, 0.1) is 0 Å². The van der Waals surface area contributed by atoms with Gasteiger partial charge in [-0.25, -0.2) is 9.97 Å². The molecule has 26 heavy (non-hydrogen) atoms. The Hall–Kier alpha value is -2.38. The first kappa shape index (κ1) is 17.1. The molecule has 0 saturated carbocycles. The van der Waals surface area contributed by atoms with Crippen molar-refractivity contribution in [1.82, 2.24) is 15.3 Å². The minimum Gasteiger partial charge on any atom is -0.490 e. The Morgan fingerprint density at radius 2 is 2.23 bits per heavy atom. The summed E-state index contributed by atoms with van der Waals surface area (Å²) < 4.78 is 5.75. The van der Waals surface area contributed by atoms with Gasteiger partial charge in [0.1, 0.15) is 29.8 Å². The molecule has 1 unspecified atom stereocenters. The van der Waals surface area contributed by atoms with Gasteiger partial charge < -0.3 is 25.8 Å². The molecule has 1 saturated heterocycles. The molecule has 4 N–H and O–H groups in total. The van der Waals surface area contributed by atoms with E-state index in [0.29, 0.717) is 18.8 Å². The zero-order chi connectivity index (χ0) is 18.1. The summed E-state index contributed by atoms with van der Waals surface area (Å²) in [5.74, 6) is 2.22. The molecule has 138 valence electrons. The predicted octanol–water partition coefficient (Wildman–Crippen LogP) is 1.11. The normalized spacial score (nSPS) is 24.5. The molecule has 4 rings (SSSR count). The van der Waals surface area contributed by atoms with Gasteiger partial charge in [-0.1, -0.05) is 12.1 Å². The van der Waals surface area contributed by atoms with E-state index in [1.165, 1.54) is 17.5 Å². The van der Waals surface area contributed by atoms with Crippen LogP contribution in [0.25, 0.3) is 0 Å². The smallest absolute Gasteiger partial charge is 0.134 e. The summed E-state index contributed by atoms with van der Waals surface area (Å²) in [7, 11) is 0. The Bertz CT molecular complexity index is 784. The Morgan fingerprint density at radius 3 is 3.08 bits per heavy atom. The molecule has 3 heterocycles. The standard InChI is InChI=1S/C19H25N5O2/c1-12-4-14-5-13(2-3-17(14)26-12)8-21-9-15-6-16(25)10-24(15)19-7-18(20)22-11-23-19/h2-3,5,7,11-12,15-16,21,25H,4,6,8-10H2,1H3,(H2,20,22,23)/t12?,15-,16-/m1/s1. The van der Waals surface area contributed by atoms with Crippen molar-refractivity contribution in [2.45, 2.75) is 44.6 Å². The van der Waals surface area contributed by atoms with Gasteiger partial charge >= 0.3 is 0 Å². The lowest BCUT2D eigenvalue weighted by Crippen LogP contribution is -2.38. The summed E-state index contributed by atoms with van der Waals surface area (Å²) in [6.07, 6.45) is 3.07. The number of nitrogen functional groups attached to an aromatic ring is 1. The van der Waals surface area contributed by atoms with Crippen LogP contribution < -0.4 is 20.7 Å². The van der Waals surface area contributed by atoms with Crippen molar-refractivity contribution in [2.75, 3.05) is 23.7 Å². The number of aliphatic hydroxyl groups excluding tert-OH is 1. The maximum Gasteiger partial charge on any atom is 0.134 e. The topological polar surface area (TPSA) is 96.5 Å². The number of β-amino-alcohol motifs (C(OH)–C–C–N with tert-alkyl or cyclic N) is 1. The highest BCUT2D eigenvalue weighted by atomic mass is 16.5. The van der Waals surface area contributed by atoms with Gasteiger partial charge in [0.15, 0.2) is 0 Å². The summed E-state index contributed by atoms with van der Waals surface area (Å²) >= 11 is 0. The van der Waals surface area contributed by atoms with Crippen molar-refractivity contribution in [3.63, 3.8) is 0 Å². The van der Waals surface area contributed by atoms with Crippen LogP contribution in [0.4, 0.5) is 11.6 Å². The average Bonchev–Trinajstić information content (AvgIpc) is 3.16. The highest BCUT2D eigenvalue weighted by Gasteiger charge is 2.31. The SMILES string of the molecule is CC1Cc2cc(CNC[C@H]3C[C@@H](O)CN3c3cc(N)ncn3)ccc2O1. The predicted molar refractivity (Wildman–Crippen MR) is 100 cm³/mol. The maximum atomic E-state index is 10.1. The van der Waals surface area contributed by atoms with Crippen molar-refractivity contribution in [3.8, 4) is 5.75 Å². The van der Waals surface area contributed by atoms with Crippen LogP contribution in [0.15, 0.2) is 30.6 Å². The van der Waals surface area contributed by atoms with Gasteiger partial charge in [-0.05, 0) is 30.5 Å². The molecule has 7 nitrogen and oxygen atoms in total. The van der Waals surface area contributed by atoms with Gasteiger partial charge in [0.2, 0.25) is 0 Å². The number of hydrogen-bond donors (Lipinski definition) is 3.